The van der Waals surface area contributed by atoms with Gasteiger partial charge in [0.05, 0.1) is 13.7 Å². The van der Waals surface area contributed by atoms with E-state index in [1.807, 2.05) is 0 Å². The van der Waals surface area contributed by atoms with Gasteiger partial charge in [0.15, 0.2) is 0 Å². The van der Waals surface area contributed by atoms with Crippen LogP contribution in [0.2, 0.25) is 0 Å². The van der Waals surface area contributed by atoms with E-state index in [4.69, 9.17) is 15.6 Å². The van der Waals surface area contributed by atoms with Crippen LogP contribution in [0.5, 0.6) is 0 Å². The molecule has 1 unspecified atom stereocenters. The number of unbranched alkanes of at least 4 members (excludes halogenated alkanes) is 3. The van der Waals surface area contributed by atoms with Crippen LogP contribution >= 0.6 is 8.53 Å². The molecule has 0 aliphatic heterocycles. The zero-order chi connectivity index (χ0) is 19.1. The van der Waals surface area contributed by atoms with Gasteiger partial charge in [0.25, 0.3) is 8.53 Å². The lowest BCUT2D eigenvalue weighted by Gasteiger charge is -2.35. The van der Waals surface area contributed by atoms with Gasteiger partial charge in [0.1, 0.15) is 6.61 Å². The molecule has 0 radical (unpaired) electrons. The third-order valence-electron chi connectivity index (χ3n) is 3.38. The van der Waals surface area contributed by atoms with E-state index in [1.165, 1.54) is 7.11 Å². The second kappa shape index (κ2) is 15.3. The van der Waals surface area contributed by atoms with Crippen LogP contribution in [0.3, 0.4) is 0 Å². The van der Waals surface area contributed by atoms with Gasteiger partial charge in [-0.3, -0.25) is 0 Å². The first-order valence-corrected chi connectivity index (χ1v) is 10.1. The first kappa shape index (κ1) is 24.1. The molecule has 0 aromatic heterocycles. The van der Waals surface area contributed by atoms with E-state index in [9.17, 15) is 4.79 Å². The maximum Gasteiger partial charge on any atom is 0.406 e. The molecule has 8 heteroatoms. The second-order valence-electron chi connectivity index (χ2n) is 6.19. The lowest BCUT2D eigenvalue weighted by molar-refractivity contribution is 0.170. The van der Waals surface area contributed by atoms with Gasteiger partial charge < -0.3 is 23.9 Å². The number of amides is 1. The van der Waals surface area contributed by atoms with Crippen LogP contribution in [0.4, 0.5) is 4.79 Å². The molecular formula is C17H34N3O4P. The smallest absolute Gasteiger partial charge is 0.406 e. The van der Waals surface area contributed by atoms with Crippen molar-refractivity contribution in [2.45, 2.75) is 65.5 Å². The lowest BCUT2D eigenvalue weighted by atomic mass is 10.2. The van der Waals surface area contributed by atoms with Gasteiger partial charge in [-0.05, 0) is 40.5 Å². The molecule has 0 aromatic rings. The molecule has 0 saturated carbocycles. The van der Waals surface area contributed by atoms with Crippen LogP contribution in [-0.4, -0.2) is 56.3 Å². The minimum atomic E-state index is -1.14. The first-order chi connectivity index (χ1) is 11.9. The van der Waals surface area contributed by atoms with Gasteiger partial charge >= 0.3 is 6.09 Å². The molecule has 0 fully saturated rings. The first-order valence-electron chi connectivity index (χ1n) is 8.93. The maximum absolute atomic E-state index is 10.9. The quantitative estimate of drug-likeness (QED) is 0.280. The summed E-state index contributed by atoms with van der Waals surface area (Å²) in [4.78, 5) is 14.3. The molecule has 0 spiro atoms. The molecule has 7 nitrogen and oxygen atoms in total. The van der Waals surface area contributed by atoms with Gasteiger partial charge in [-0.2, -0.15) is 0 Å². The Morgan fingerprint density at radius 1 is 1.08 bits per heavy atom. The Hall–Kier alpha value is -0.930. The van der Waals surface area contributed by atoms with Crippen LogP contribution in [0, 0.1) is 6.57 Å². The summed E-state index contributed by atoms with van der Waals surface area (Å²) in [6, 6.07) is 0.645. The number of nitrogens with zero attached hydrogens (tertiary/aromatic N) is 2. The summed E-state index contributed by atoms with van der Waals surface area (Å²) >= 11 is 0. The third-order valence-corrected chi connectivity index (χ3v) is 5.49. The molecule has 0 bridgehead atoms. The van der Waals surface area contributed by atoms with E-state index < -0.39 is 8.53 Å². The zero-order valence-corrected chi connectivity index (χ0v) is 17.2. The van der Waals surface area contributed by atoms with Crippen molar-refractivity contribution in [3.05, 3.63) is 11.4 Å². The molecule has 0 rings (SSSR count). The number of carbonyl (C=O) groups is 1. The number of ether oxygens (including phenoxy) is 1. The van der Waals surface area contributed by atoms with E-state index in [0.717, 1.165) is 25.7 Å². The van der Waals surface area contributed by atoms with Crippen molar-refractivity contribution in [1.29, 1.82) is 0 Å². The fourth-order valence-corrected chi connectivity index (χ4v) is 3.91. The average molecular weight is 375 g/mol. The molecule has 0 aliphatic rings. The van der Waals surface area contributed by atoms with Crippen LogP contribution in [0.1, 0.15) is 53.4 Å². The van der Waals surface area contributed by atoms with Crippen LogP contribution in [0.15, 0.2) is 0 Å². The second-order valence-corrected chi connectivity index (χ2v) is 7.64. The minimum Gasteiger partial charge on any atom is -0.453 e. The largest absolute Gasteiger partial charge is 0.453 e. The molecule has 0 aliphatic carbocycles. The van der Waals surface area contributed by atoms with Crippen molar-refractivity contribution in [2.24, 2.45) is 0 Å². The molecule has 0 heterocycles. The summed E-state index contributed by atoms with van der Waals surface area (Å²) in [5.41, 5.74) is 0. The van der Waals surface area contributed by atoms with Crippen LogP contribution in [0.25, 0.3) is 4.85 Å². The normalized spacial score (nSPS) is 12.4. The van der Waals surface area contributed by atoms with Crippen molar-refractivity contribution in [3.63, 3.8) is 0 Å². The van der Waals surface area contributed by atoms with Crippen molar-refractivity contribution in [2.75, 3.05) is 33.4 Å². The fraction of sp³-hybridized carbons (Fsp3) is 0.882. The molecule has 0 aromatic carbocycles. The van der Waals surface area contributed by atoms with Crippen LogP contribution < -0.4 is 5.32 Å². The Morgan fingerprint density at radius 3 is 2.24 bits per heavy atom. The average Bonchev–Trinajstić information content (AvgIpc) is 2.56. The molecule has 146 valence electrons. The Balaban J connectivity index is 4.09. The van der Waals surface area contributed by atoms with Gasteiger partial charge in [0, 0.05) is 18.6 Å². The highest BCUT2D eigenvalue weighted by Gasteiger charge is 2.27. The molecular weight excluding hydrogens is 341 g/mol. The zero-order valence-electron chi connectivity index (χ0n) is 16.3. The summed E-state index contributed by atoms with van der Waals surface area (Å²) in [7, 11) is 0.227. The fourth-order valence-electron chi connectivity index (χ4n) is 2.29. The predicted molar refractivity (Wildman–Crippen MR) is 101 cm³/mol. The van der Waals surface area contributed by atoms with E-state index in [1.54, 1.807) is 0 Å². The maximum atomic E-state index is 10.9. The summed E-state index contributed by atoms with van der Waals surface area (Å²) < 4.78 is 18.6. The summed E-state index contributed by atoms with van der Waals surface area (Å²) in [6.07, 6.45) is 3.57. The molecule has 25 heavy (non-hydrogen) atoms. The Morgan fingerprint density at radius 2 is 1.68 bits per heavy atom. The van der Waals surface area contributed by atoms with Gasteiger partial charge in [0.2, 0.25) is 6.54 Å². The van der Waals surface area contributed by atoms with Gasteiger partial charge in [-0.25, -0.2) is 16.0 Å². The standard InChI is InChI=1S/C17H34N3O4P/c1-15(2)20(16(3)4)25(24-14-12-18-5)23-13-10-8-7-9-11-19-17(21)22-6/h15-16H,7-14H2,1-4,6H3,(H,19,21). The highest BCUT2D eigenvalue weighted by Crippen LogP contribution is 2.45. The number of methoxy groups -OCH3 is 1. The van der Waals surface area contributed by atoms with Crippen molar-refractivity contribution in [3.8, 4) is 0 Å². The highest BCUT2D eigenvalue weighted by molar-refractivity contribution is 7.44. The van der Waals surface area contributed by atoms with E-state index in [-0.39, 0.29) is 6.09 Å². The number of nitrogens with one attached hydrogen (secondary N) is 1. The van der Waals surface area contributed by atoms with Crippen molar-refractivity contribution in [1.82, 2.24) is 9.99 Å². The molecule has 1 atom stereocenters. The Labute approximate surface area is 154 Å². The summed E-state index contributed by atoms with van der Waals surface area (Å²) in [6.45, 7) is 17.4. The van der Waals surface area contributed by atoms with Crippen molar-refractivity contribution >= 4 is 14.6 Å². The summed E-state index contributed by atoms with van der Waals surface area (Å²) in [5.74, 6) is 0. The molecule has 0 saturated heterocycles. The Bertz CT molecular complexity index is 381. The van der Waals surface area contributed by atoms with Gasteiger partial charge in [-0.1, -0.05) is 12.8 Å². The van der Waals surface area contributed by atoms with E-state index >= 15 is 0 Å². The number of carbonyl (C=O) groups excluding carboxylic acids is 1. The monoisotopic (exact) mass is 375 g/mol. The van der Waals surface area contributed by atoms with E-state index in [0.29, 0.717) is 38.4 Å². The number of hydrogen-bond acceptors (Lipinski definition) is 5. The molecule has 1 N–H and O–H groups in total. The SMILES string of the molecule is [C-]#[N+]CCOP(OCCCCCCNC(=O)OC)N(C(C)C)C(C)C. The van der Waals surface area contributed by atoms with Crippen LogP contribution in [-0.2, 0) is 13.8 Å². The highest BCUT2D eigenvalue weighted by atomic mass is 31.2. The summed E-state index contributed by atoms with van der Waals surface area (Å²) in [5, 5.41) is 2.67. The third kappa shape index (κ3) is 12.1. The number of alkyl carbamates (subject to hydrolysis) is 1. The van der Waals surface area contributed by atoms with Gasteiger partial charge in [-0.15, -0.1) is 0 Å². The van der Waals surface area contributed by atoms with E-state index in [2.05, 4.69) is 47.3 Å². The number of rotatable bonds is 14. The van der Waals surface area contributed by atoms with Crippen molar-refractivity contribution < 1.29 is 18.6 Å². The topological polar surface area (TPSA) is 64.4 Å². The molecule has 1 amide bonds. The lowest BCUT2D eigenvalue weighted by Crippen LogP contribution is -2.33. The Kier molecular flexibility index (Phi) is 14.8. The number of hydrogen-bond donors (Lipinski definition) is 1. The predicted octanol–water partition coefficient (Wildman–Crippen LogP) is 4.20. The minimum absolute atomic E-state index is 0.323.